The molecule has 1 aromatic rings. The Kier molecular flexibility index (Phi) is 5.78. The normalized spacial score (nSPS) is 23.3. The van der Waals surface area contributed by atoms with Crippen LogP contribution in [0.3, 0.4) is 0 Å². The lowest BCUT2D eigenvalue weighted by Gasteiger charge is -2.30. The van der Waals surface area contributed by atoms with E-state index in [1.165, 1.54) is 10.6 Å². The Bertz CT molecular complexity index is 782. The maximum atomic E-state index is 12.5. The van der Waals surface area contributed by atoms with Crippen molar-refractivity contribution in [2.24, 2.45) is 12.5 Å². The Labute approximate surface area is 165 Å². The van der Waals surface area contributed by atoms with Crippen LogP contribution in [0.5, 0.6) is 5.75 Å². The molecule has 0 aliphatic heterocycles. The second kappa shape index (κ2) is 7.92. The molecule has 9 heteroatoms. The second-order valence-electron chi connectivity index (χ2n) is 7.44. The van der Waals surface area contributed by atoms with Gasteiger partial charge in [0.15, 0.2) is 0 Å². The quantitative estimate of drug-likeness (QED) is 0.625. The van der Waals surface area contributed by atoms with Crippen molar-refractivity contribution < 1.29 is 19.4 Å². The van der Waals surface area contributed by atoms with Crippen molar-refractivity contribution in [3.63, 3.8) is 0 Å². The minimum absolute atomic E-state index is 0.00474. The van der Waals surface area contributed by atoms with Crippen LogP contribution in [-0.4, -0.2) is 40.4 Å². The van der Waals surface area contributed by atoms with Gasteiger partial charge >= 0.3 is 6.09 Å². The van der Waals surface area contributed by atoms with E-state index in [1.807, 2.05) is 0 Å². The van der Waals surface area contributed by atoms with Crippen LogP contribution in [0.25, 0.3) is 0 Å². The molecule has 3 rings (SSSR count). The Morgan fingerprint density at radius 1 is 1.33 bits per heavy atom. The van der Waals surface area contributed by atoms with E-state index in [0.29, 0.717) is 18.6 Å². The highest BCUT2D eigenvalue weighted by molar-refractivity contribution is 9.10. The first-order valence-corrected chi connectivity index (χ1v) is 9.89. The monoisotopic (exact) mass is 441 g/mol. The number of nitrogens with one attached hydrogen (secondary N) is 2. The van der Waals surface area contributed by atoms with Gasteiger partial charge in [0.05, 0.1) is 16.0 Å². The number of nitrogens with zero attached hydrogens (tertiary/aromatic N) is 1. The molecule has 2 aliphatic carbocycles. The molecule has 3 N–H and O–H groups in total. The minimum Gasteiger partial charge on any atom is -0.489 e. The van der Waals surface area contributed by atoms with Crippen molar-refractivity contribution in [2.75, 3.05) is 6.54 Å². The number of aromatic nitrogens is 1. The summed E-state index contributed by atoms with van der Waals surface area (Å²) < 4.78 is 8.19. The van der Waals surface area contributed by atoms with E-state index in [1.54, 1.807) is 13.2 Å². The Morgan fingerprint density at radius 3 is 2.59 bits per heavy atom. The standard InChI is InChI=1S/C18H24BrN3O5/c1-22-9-13(19)14(8-15(22)23)27-12-4-2-11(3-5-12)21-16(24)18(6-7-18)10-20-17(25)26/h8-9,11-12,20H,2-7,10H2,1H3,(H,21,24)(H,25,26)/t11-,12-. The maximum Gasteiger partial charge on any atom is 0.404 e. The first-order chi connectivity index (χ1) is 12.8. The molecule has 148 valence electrons. The van der Waals surface area contributed by atoms with Crippen LogP contribution in [0.15, 0.2) is 21.5 Å². The molecule has 1 heterocycles. The third kappa shape index (κ3) is 4.82. The minimum atomic E-state index is -1.10. The van der Waals surface area contributed by atoms with Gasteiger partial charge in [0, 0.05) is 31.9 Å². The summed E-state index contributed by atoms with van der Waals surface area (Å²) in [6.45, 7) is 0.170. The first-order valence-electron chi connectivity index (χ1n) is 9.10. The van der Waals surface area contributed by atoms with Crippen LogP contribution >= 0.6 is 15.9 Å². The number of halogens is 1. The lowest BCUT2D eigenvalue weighted by Crippen LogP contribution is -2.46. The number of hydrogen-bond acceptors (Lipinski definition) is 4. The smallest absolute Gasteiger partial charge is 0.404 e. The fourth-order valence-corrected chi connectivity index (χ4v) is 3.91. The summed E-state index contributed by atoms with van der Waals surface area (Å²) in [5.41, 5.74) is -0.695. The van der Waals surface area contributed by atoms with Crippen molar-refractivity contribution in [3.05, 3.63) is 27.1 Å². The summed E-state index contributed by atoms with van der Waals surface area (Å²) in [6.07, 6.45) is 5.17. The lowest BCUT2D eigenvalue weighted by molar-refractivity contribution is -0.127. The third-order valence-electron chi connectivity index (χ3n) is 5.36. The molecule has 0 aromatic carbocycles. The van der Waals surface area contributed by atoms with Gasteiger partial charge in [-0.2, -0.15) is 0 Å². The summed E-state index contributed by atoms with van der Waals surface area (Å²) in [7, 11) is 1.68. The van der Waals surface area contributed by atoms with Gasteiger partial charge in [-0.3, -0.25) is 9.59 Å². The zero-order valence-corrected chi connectivity index (χ0v) is 16.8. The van der Waals surface area contributed by atoms with Gasteiger partial charge in [0.1, 0.15) is 5.75 Å². The van der Waals surface area contributed by atoms with Crippen LogP contribution in [0.2, 0.25) is 0 Å². The molecule has 0 saturated heterocycles. The Hall–Kier alpha value is -2.03. The van der Waals surface area contributed by atoms with Crippen molar-refractivity contribution in [1.82, 2.24) is 15.2 Å². The summed E-state index contributed by atoms with van der Waals surface area (Å²) in [5.74, 6) is 0.484. The van der Waals surface area contributed by atoms with Gasteiger partial charge in [0.2, 0.25) is 5.91 Å². The molecular weight excluding hydrogens is 418 g/mol. The molecule has 2 fully saturated rings. The van der Waals surface area contributed by atoms with Crippen LogP contribution in [0.4, 0.5) is 4.79 Å². The molecule has 0 atom stereocenters. The topological polar surface area (TPSA) is 110 Å². The molecule has 0 spiro atoms. The predicted molar refractivity (Wildman–Crippen MR) is 102 cm³/mol. The Morgan fingerprint density at radius 2 is 2.00 bits per heavy atom. The molecule has 8 nitrogen and oxygen atoms in total. The largest absolute Gasteiger partial charge is 0.489 e. The number of ether oxygens (including phenoxy) is 1. The van der Waals surface area contributed by atoms with Crippen molar-refractivity contribution in [1.29, 1.82) is 0 Å². The highest BCUT2D eigenvalue weighted by Gasteiger charge is 2.50. The van der Waals surface area contributed by atoms with Gasteiger partial charge in [-0.1, -0.05) is 0 Å². The Balaban J connectivity index is 1.48. The average Bonchev–Trinajstić information content (AvgIpc) is 3.41. The van der Waals surface area contributed by atoms with Crippen LogP contribution in [-0.2, 0) is 11.8 Å². The van der Waals surface area contributed by atoms with Gasteiger partial charge in [-0.25, -0.2) is 4.79 Å². The molecule has 0 radical (unpaired) electrons. The van der Waals surface area contributed by atoms with E-state index in [2.05, 4.69) is 26.6 Å². The highest BCUT2D eigenvalue weighted by atomic mass is 79.9. The second-order valence-corrected chi connectivity index (χ2v) is 8.29. The van der Waals surface area contributed by atoms with E-state index in [0.717, 1.165) is 30.2 Å². The summed E-state index contributed by atoms with van der Waals surface area (Å²) in [6, 6.07) is 1.55. The third-order valence-corrected chi connectivity index (χ3v) is 5.96. The first kappa shape index (κ1) is 19.7. The number of pyridine rings is 1. The molecule has 27 heavy (non-hydrogen) atoms. The molecule has 2 saturated carbocycles. The number of rotatable bonds is 6. The number of carboxylic acid groups (broad SMARTS) is 1. The molecule has 0 bridgehead atoms. The SMILES string of the molecule is Cn1cc(Br)c(O[C@H]2CC[C@H](NC(=O)C3(CNC(=O)O)CC3)CC2)cc1=O. The van der Waals surface area contributed by atoms with E-state index in [-0.39, 0.29) is 30.2 Å². The average molecular weight is 442 g/mol. The fraction of sp³-hybridized carbons (Fsp3) is 0.611. The van der Waals surface area contributed by atoms with Gasteiger partial charge in [-0.15, -0.1) is 0 Å². The van der Waals surface area contributed by atoms with Crippen molar-refractivity contribution >= 4 is 27.9 Å². The summed E-state index contributed by atoms with van der Waals surface area (Å²) in [5, 5.41) is 14.1. The maximum absolute atomic E-state index is 12.5. The van der Waals surface area contributed by atoms with Gasteiger partial charge in [0.25, 0.3) is 5.56 Å². The number of carbonyl (C=O) groups excluding carboxylic acids is 1. The predicted octanol–water partition coefficient (Wildman–Crippen LogP) is 2.00. The molecular formula is C18H24BrN3O5. The van der Waals surface area contributed by atoms with Crippen LogP contribution in [0, 0.1) is 5.41 Å². The van der Waals surface area contributed by atoms with Crippen molar-refractivity contribution in [2.45, 2.75) is 50.7 Å². The van der Waals surface area contributed by atoms with Crippen molar-refractivity contribution in [3.8, 4) is 5.75 Å². The van der Waals surface area contributed by atoms with Gasteiger partial charge < -0.3 is 25.0 Å². The summed E-state index contributed by atoms with van der Waals surface area (Å²) >= 11 is 3.42. The van der Waals surface area contributed by atoms with E-state index >= 15 is 0 Å². The zero-order valence-electron chi connectivity index (χ0n) is 15.2. The number of aryl methyl sites for hydroxylation is 1. The fourth-order valence-electron chi connectivity index (χ4n) is 3.39. The van der Waals surface area contributed by atoms with Crippen LogP contribution < -0.4 is 20.9 Å². The van der Waals surface area contributed by atoms with E-state index in [4.69, 9.17) is 9.84 Å². The van der Waals surface area contributed by atoms with Crippen LogP contribution in [0.1, 0.15) is 38.5 Å². The highest BCUT2D eigenvalue weighted by Crippen LogP contribution is 2.45. The zero-order chi connectivity index (χ0) is 19.6. The number of amides is 2. The van der Waals surface area contributed by atoms with E-state index < -0.39 is 11.5 Å². The summed E-state index contributed by atoms with van der Waals surface area (Å²) in [4.78, 5) is 34.9. The molecule has 0 unspecified atom stereocenters. The molecule has 2 amide bonds. The molecule has 2 aliphatic rings. The number of hydrogen-bond donors (Lipinski definition) is 3. The number of carbonyl (C=O) groups is 2. The van der Waals surface area contributed by atoms with Gasteiger partial charge in [-0.05, 0) is 54.5 Å². The van der Waals surface area contributed by atoms with E-state index in [9.17, 15) is 14.4 Å². The molecule has 1 aromatic heterocycles. The lowest BCUT2D eigenvalue weighted by atomic mass is 9.92.